The highest BCUT2D eigenvalue weighted by Gasteiger charge is 2.14. The van der Waals surface area contributed by atoms with Gasteiger partial charge in [0.15, 0.2) is 0 Å². The first-order chi connectivity index (χ1) is 9.51. The zero-order valence-electron chi connectivity index (χ0n) is 10.4. The van der Waals surface area contributed by atoms with Crippen molar-refractivity contribution in [2.45, 2.75) is 11.3 Å². The van der Waals surface area contributed by atoms with E-state index in [1.54, 1.807) is 24.3 Å². The minimum atomic E-state index is -3.74. The number of nitriles is 1. The van der Waals surface area contributed by atoms with Crippen LogP contribution in [0.1, 0.15) is 5.56 Å². The third kappa shape index (κ3) is 3.28. The van der Waals surface area contributed by atoms with Crippen LogP contribution in [0.4, 0.5) is 5.69 Å². The zero-order chi connectivity index (χ0) is 14.6. The number of hydrogen-bond acceptors (Lipinski definition) is 4. The van der Waals surface area contributed by atoms with Gasteiger partial charge in [-0.25, -0.2) is 8.42 Å². The predicted octanol–water partition coefficient (Wildman–Crippen LogP) is 2.26. The number of sulfonamides is 1. The molecule has 2 aromatic rings. The maximum atomic E-state index is 12.1. The van der Waals surface area contributed by atoms with E-state index in [2.05, 4.69) is 4.72 Å². The molecule has 0 bridgehead atoms. The van der Waals surface area contributed by atoms with Crippen LogP contribution in [-0.4, -0.2) is 13.5 Å². The van der Waals surface area contributed by atoms with E-state index in [0.29, 0.717) is 5.69 Å². The lowest BCUT2D eigenvalue weighted by Crippen LogP contribution is -2.12. The predicted molar refractivity (Wildman–Crippen MR) is 74.7 cm³/mol. The summed E-state index contributed by atoms with van der Waals surface area (Å²) in [4.78, 5) is -0.0152. The van der Waals surface area contributed by atoms with Gasteiger partial charge in [0.1, 0.15) is 5.75 Å². The molecule has 0 aliphatic heterocycles. The molecular weight excluding hydrogens is 276 g/mol. The third-order valence-electron chi connectivity index (χ3n) is 2.62. The summed E-state index contributed by atoms with van der Waals surface area (Å²) < 4.78 is 26.6. The fourth-order valence-electron chi connectivity index (χ4n) is 1.65. The quantitative estimate of drug-likeness (QED) is 0.903. The number of aromatic hydroxyl groups is 1. The van der Waals surface area contributed by atoms with Gasteiger partial charge in [0.2, 0.25) is 0 Å². The Bertz CT molecular complexity index is 747. The largest absolute Gasteiger partial charge is 0.508 e. The molecular formula is C14H12N2O3S. The van der Waals surface area contributed by atoms with Crippen molar-refractivity contribution < 1.29 is 13.5 Å². The van der Waals surface area contributed by atoms with Gasteiger partial charge in [-0.15, -0.1) is 0 Å². The highest BCUT2D eigenvalue weighted by Crippen LogP contribution is 2.19. The molecule has 2 rings (SSSR count). The van der Waals surface area contributed by atoms with Gasteiger partial charge in [0, 0.05) is 11.8 Å². The lowest BCUT2D eigenvalue weighted by Gasteiger charge is -2.08. The van der Waals surface area contributed by atoms with E-state index in [1.165, 1.54) is 24.3 Å². The van der Waals surface area contributed by atoms with E-state index < -0.39 is 10.0 Å². The summed E-state index contributed by atoms with van der Waals surface area (Å²) in [5.41, 5.74) is 1.21. The molecule has 0 unspecified atom stereocenters. The summed E-state index contributed by atoms with van der Waals surface area (Å²) in [5.74, 6) is -0.114. The molecule has 5 nitrogen and oxygen atoms in total. The maximum absolute atomic E-state index is 12.1. The second-order valence-electron chi connectivity index (χ2n) is 4.13. The standard InChI is InChI=1S/C14H12N2O3S/c15-9-8-11-4-6-12(7-5-11)16-20(18,19)14-3-1-2-13(17)10-14/h1-7,10,16-17H,8H2. The summed E-state index contributed by atoms with van der Waals surface area (Å²) in [6, 6.07) is 14.0. The number of benzene rings is 2. The number of anilines is 1. The fourth-order valence-corrected chi connectivity index (χ4v) is 2.74. The van der Waals surface area contributed by atoms with Crippen molar-refractivity contribution in [3.8, 4) is 11.8 Å². The first kappa shape index (κ1) is 13.9. The van der Waals surface area contributed by atoms with Crippen molar-refractivity contribution in [3.63, 3.8) is 0 Å². The Hall–Kier alpha value is -2.52. The molecule has 0 amide bonds. The Morgan fingerprint density at radius 3 is 2.45 bits per heavy atom. The van der Waals surface area contributed by atoms with Crippen molar-refractivity contribution in [2.24, 2.45) is 0 Å². The zero-order valence-corrected chi connectivity index (χ0v) is 11.3. The van der Waals surface area contributed by atoms with Crippen molar-refractivity contribution >= 4 is 15.7 Å². The normalized spacial score (nSPS) is 10.8. The second-order valence-corrected chi connectivity index (χ2v) is 5.82. The molecule has 2 N–H and O–H groups in total. The minimum absolute atomic E-state index is 0.0152. The van der Waals surface area contributed by atoms with Gasteiger partial charge in [-0.3, -0.25) is 4.72 Å². The molecule has 0 atom stereocenters. The smallest absolute Gasteiger partial charge is 0.262 e. The Morgan fingerprint density at radius 2 is 1.85 bits per heavy atom. The Balaban J connectivity index is 2.22. The van der Waals surface area contributed by atoms with Crippen molar-refractivity contribution in [1.82, 2.24) is 0 Å². The van der Waals surface area contributed by atoms with Gasteiger partial charge >= 0.3 is 0 Å². The Kier molecular flexibility index (Phi) is 3.91. The van der Waals surface area contributed by atoms with E-state index >= 15 is 0 Å². The van der Waals surface area contributed by atoms with Crippen LogP contribution in [0.15, 0.2) is 53.4 Å². The number of nitrogens with zero attached hydrogens (tertiary/aromatic N) is 1. The highest BCUT2D eigenvalue weighted by atomic mass is 32.2. The molecule has 0 aromatic heterocycles. The van der Waals surface area contributed by atoms with Gasteiger partial charge < -0.3 is 5.11 Å². The Morgan fingerprint density at radius 1 is 1.15 bits per heavy atom. The van der Waals surface area contributed by atoms with Crippen LogP contribution in [0.25, 0.3) is 0 Å². The van der Waals surface area contributed by atoms with Crippen molar-refractivity contribution in [3.05, 3.63) is 54.1 Å². The number of phenols is 1. The number of nitrogens with one attached hydrogen (secondary N) is 1. The molecule has 0 aliphatic carbocycles. The van der Waals surface area contributed by atoms with Crippen molar-refractivity contribution in [1.29, 1.82) is 5.26 Å². The van der Waals surface area contributed by atoms with Gasteiger partial charge in [0.05, 0.1) is 17.4 Å². The summed E-state index contributed by atoms with van der Waals surface area (Å²) >= 11 is 0. The van der Waals surface area contributed by atoms with Crippen LogP contribution in [0, 0.1) is 11.3 Å². The molecule has 0 saturated heterocycles. The molecule has 6 heteroatoms. The van der Waals surface area contributed by atoms with E-state index in [4.69, 9.17) is 5.26 Å². The summed E-state index contributed by atoms with van der Waals surface area (Å²) in [6.45, 7) is 0. The molecule has 0 heterocycles. The van der Waals surface area contributed by atoms with Crippen LogP contribution < -0.4 is 4.72 Å². The average molecular weight is 288 g/mol. The van der Waals surface area contributed by atoms with Crippen LogP contribution in [0.3, 0.4) is 0 Å². The molecule has 0 saturated carbocycles. The van der Waals surface area contributed by atoms with Gasteiger partial charge in [-0.05, 0) is 29.8 Å². The number of rotatable bonds is 4. The Labute approximate surface area is 117 Å². The number of hydrogen-bond donors (Lipinski definition) is 2. The molecule has 0 aliphatic rings. The SMILES string of the molecule is N#CCc1ccc(NS(=O)(=O)c2cccc(O)c2)cc1. The first-order valence-corrected chi connectivity index (χ1v) is 7.27. The number of phenolic OH excluding ortho intramolecular Hbond substituents is 1. The molecule has 2 aromatic carbocycles. The van der Waals surface area contributed by atoms with E-state index in [1.807, 2.05) is 6.07 Å². The average Bonchev–Trinajstić information content (AvgIpc) is 2.41. The van der Waals surface area contributed by atoms with Crippen molar-refractivity contribution in [2.75, 3.05) is 4.72 Å². The van der Waals surface area contributed by atoms with E-state index in [0.717, 1.165) is 5.56 Å². The van der Waals surface area contributed by atoms with Gasteiger partial charge in [-0.1, -0.05) is 18.2 Å². The lowest BCUT2D eigenvalue weighted by atomic mass is 10.1. The summed E-state index contributed by atoms with van der Waals surface area (Å²) in [5, 5.41) is 17.9. The van der Waals surface area contributed by atoms with Crippen LogP contribution in [0.2, 0.25) is 0 Å². The van der Waals surface area contributed by atoms with E-state index in [9.17, 15) is 13.5 Å². The fraction of sp³-hybridized carbons (Fsp3) is 0.0714. The minimum Gasteiger partial charge on any atom is -0.508 e. The maximum Gasteiger partial charge on any atom is 0.262 e. The molecule has 20 heavy (non-hydrogen) atoms. The molecule has 0 radical (unpaired) electrons. The summed E-state index contributed by atoms with van der Waals surface area (Å²) in [6.07, 6.45) is 0.277. The topological polar surface area (TPSA) is 90.2 Å². The first-order valence-electron chi connectivity index (χ1n) is 5.79. The van der Waals surface area contributed by atoms with Gasteiger partial charge in [-0.2, -0.15) is 5.26 Å². The second kappa shape index (κ2) is 5.63. The summed E-state index contributed by atoms with van der Waals surface area (Å²) in [7, 11) is -3.74. The third-order valence-corrected chi connectivity index (χ3v) is 4.00. The van der Waals surface area contributed by atoms with Crippen LogP contribution >= 0.6 is 0 Å². The van der Waals surface area contributed by atoms with Crippen LogP contribution in [-0.2, 0) is 16.4 Å². The molecule has 0 fully saturated rings. The monoisotopic (exact) mass is 288 g/mol. The van der Waals surface area contributed by atoms with E-state index in [-0.39, 0.29) is 17.1 Å². The molecule has 102 valence electrons. The highest BCUT2D eigenvalue weighted by molar-refractivity contribution is 7.92. The van der Waals surface area contributed by atoms with Crippen LogP contribution in [0.5, 0.6) is 5.75 Å². The molecule has 0 spiro atoms. The van der Waals surface area contributed by atoms with Gasteiger partial charge in [0.25, 0.3) is 10.0 Å². The lowest BCUT2D eigenvalue weighted by molar-refractivity contribution is 0.473.